The third-order valence-electron chi connectivity index (χ3n) is 8.00. The van der Waals surface area contributed by atoms with E-state index in [4.69, 9.17) is 18.9 Å². The predicted molar refractivity (Wildman–Crippen MR) is 174 cm³/mol. The Bertz CT molecular complexity index is 1470. The molecular weight excluding hydrogens is 578 g/mol. The highest BCUT2D eigenvalue weighted by molar-refractivity contribution is 8.01. The van der Waals surface area contributed by atoms with Crippen molar-refractivity contribution in [2.75, 3.05) is 67.1 Å². The molecule has 10 heteroatoms. The van der Waals surface area contributed by atoms with E-state index in [0.717, 1.165) is 54.4 Å². The van der Waals surface area contributed by atoms with E-state index in [1.54, 1.807) is 40.3 Å². The summed E-state index contributed by atoms with van der Waals surface area (Å²) in [5.41, 5.74) is 2.58. The molecular formula is C34H43N3O6S. The number of carbonyl (C=O) groups excluding carboxylic acids is 2. The molecule has 3 aromatic carbocycles. The van der Waals surface area contributed by atoms with Gasteiger partial charge in [-0.05, 0) is 80.9 Å². The van der Waals surface area contributed by atoms with Crippen LogP contribution in [0.5, 0.6) is 23.0 Å². The van der Waals surface area contributed by atoms with Gasteiger partial charge in [-0.2, -0.15) is 0 Å². The molecule has 2 amide bonds. The van der Waals surface area contributed by atoms with Gasteiger partial charge in [-0.1, -0.05) is 30.0 Å². The number of methoxy groups -OCH3 is 3. The molecule has 9 nitrogen and oxygen atoms in total. The van der Waals surface area contributed by atoms with Crippen molar-refractivity contribution in [3.05, 3.63) is 71.8 Å². The molecule has 4 rings (SSSR count). The molecule has 0 aromatic heterocycles. The first kappa shape index (κ1) is 33.0. The smallest absolute Gasteiger partial charge is 0.268 e. The number of benzene rings is 3. The first-order valence-electron chi connectivity index (χ1n) is 14.7. The van der Waals surface area contributed by atoms with Crippen LogP contribution in [0.3, 0.4) is 0 Å². The van der Waals surface area contributed by atoms with Crippen LogP contribution in [-0.2, 0) is 20.9 Å². The standard InChI is InChI=1S/C34H43N3O6S/c1-24(38)37(4)34(33(39)36(3)28-12-8-9-13-32(28)44-34)27-23-26(40-5)15-17-29(27)43-21-11-10-19-35(2)20-18-25-14-16-30(41-6)31(22-25)42-7/h8-9,12-17,22-23H,10-11,18-21H2,1-7H3. The Hall–Kier alpha value is -3.89. The molecule has 1 unspecified atom stereocenters. The van der Waals surface area contributed by atoms with Crippen LogP contribution in [0.4, 0.5) is 5.69 Å². The second-order valence-corrected chi connectivity index (χ2v) is 12.1. The fraction of sp³-hybridized carbons (Fsp3) is 0.412. The van der Waals surface area contributed by atoms with Crippen molar-refractivity contribution < 1.29 is 28.5 Å². The van der Waals surface area contributed by atoms with Gasteiger partial charge in [-0.15, -0.1) is 0 Å². The van der Waals surface area contributed by atoms with Gasteiger partial charge < -0.3 is 33.6 Å². The summed E-state index contributed by atoms with van der Waals surface area (Å²) < 4.78 is 22.7. The minimum Gasteiger partial charge on any atom is -0.497 e. The van der Waals surface area contributed by atoms with Gasteiger partial charge in [0.2, 0.25) is 10.8 Å². The van der Waals surface area contributed by atoms with Crippen LogP contribution in [0, 0.1) is 0 Å². The molecule has 44 heavy (non-hydrogen) atoms. The van der Waals surface area contributed by atoms with Crippen molar-refractivity contribution in [2.24, 2.45) is 0 Å². The Morgan fingerprint density at radius 2 is 1.61 bits per heavy atom. The molecule has 0 saturated carbocycles. The predicted octanol–water partition coefficient (Wildman–Crippen LogP) is 5.45. The third kappa shape index (κ3) is 6.92. The first-order valence-corrected chi connectivity index (χ1v) is 15.5. The highest BCUT2D eigenvalue weighted by Crippen LogP contribution is 2.54. The summed E-state index contributed by atoms with van der Waals surface area (Å²) >= 11 is 1.35. The molecule has 1 aliphatic heterocycles. The Balaban J connectivity index is 1.45. The van der Waals surface area contributed by atoms with Crippen molar-refractivity contribution in [3.8, 4) is 23.0 Å². The van der Waals surface area contributed by atoms with Crippen molar-refractivity contribution in [3.63, 3.8) is 0 Å². The zero-order valence-electron chi connectivity index (χ0n) is 26.7. The number of likely N-dealkylation sites (N-methyl/N-ethyl adjacent to an activating group) is 3. The molecule has 1 aliphatic rings. The van der Waals surface area contributed by atoms with Crippen LogP contribution < -0.4 is 23.8 Å². The highest BCUT2D eigenvalue weighted by Gasteiger charge is 2.53. The summed E-state index contributed by atoms with van der Waals surface area (Å²) in [7, 11) is 10.4. The van der Waals surface area contributed by atoms with E-state index in [1.807, 2.05) is 54.6 Å². The van der Waals surface area contributed by atoms with Crippen LogP contribution in [0.25, 0.3) is 0 Å². The Labute approximate surface area is 265 Å². The second kappa shape index (κ2) is 14.7. The lowest BCUT2D eigenvalue weighted by Gasteiger charge is -2.46. The number of hydrogen-bond acceptors (Lipinski definition) is 8. The quantitative estimate of drug-likeness (QED) is 0.220. The number of unbranched alkanes of at least 4 members (excludes halogenated alkanes) is 1. The highest BCUT2D eigenvalue weighted by atomic mass is 32.2. The minimum atomic E-state index is -1.37. The molecule has 0 bridgehead atoms. The molecule has 0 saturated heterocycles. The van der Waals surface area contributed by atoms with Crippen LogP contribution in [0.15, 0.2) is 65.6 Å². The number of anilines is 1. The SMILES string of the molecule is COc1ccc(OCCCCN(C)CCc2ccc(OC)c(OC)c2)c(C2(N(C)C(C)=O)Sc3ccccc3N(C)C2=O)c1. The first-order chi connectivity index (χ1) is 21.2. The van der Waals surface area contributed by atoms with E-state index in [-0.39, 0.29) is 11.8 Å². The van der Waals surface area contributed by atoms with Crippen molar-refractivity contribution in [1.29, 1.82) is 0 Å². The molecule has 236 valence electrons. The number of amides is 2. The summed E-state index contributed by atoms with van der Waals surface area (Å²) in [6.07, 6.45) is 2.67. The van der Waals surface area contributed by atoms with Gasteiger partial charge in [0.05, 0.1) is 33.6 Å². The Morgan fingerprint density at radius 3 is 2.32 bits per heavy atom. The van der Waals surface area contributed by atoms with Gasteiger partial charge in [-0.3, -0.25) is 9.59 Å². The number of fused-ring (bicyclic) bond motifs is 1. The lowest BCUT2D eigenvalue weighted by molar-refractivity contribution is -0.138. The van der Waals surface area contributed by atoms with Gasteiger partial charge in [0.25, 0.3) is 5.91 Å². The fourth-order valence-corrected chi connectivity index (χ4v) is 6.84. The molecule has 0 radical (unpaired) electrons. The Morgan fingerprint density at radius 1 is 0.886 bits per heavy atom. The molecule has 1 atom stereocenters. The summed E-state index contributed by atoms with van der Waals surface area (Å²) in [5.74, 6) is 2.13. The van der Waals surface area contributed by atoms with E-state index in [2.05, 4.69) is 18.0 Å². The van der Waals surface area contributed by atoms with Gasteiger partial charge in [0.1, 0.15) is 11.5 Å². The summed E-state index contributed by atoms with van der Waals surface area (Å²) in [4.78, 5) is 32.0. The summed E-state index contributed by atoms with van der Waals surface area (Å²) in [5, 5.41) is 0. The van der Waals surface area contributed by atoms with Crippen LogP contribution in [0.2, 0.25) is 0 Å². The second-order valence-electron chi connectivity index (χ2n) is 10.8. The number of nitrogens with zero attached hydrogens (tertiary/aromatic N) is 3. The average molecular weight is 622 g/mol. The van der Waals surface area contributed by atoms with E-state index in [0.29, 0.717) is 23.7 Å². The number of carbonyl (C=O) groups is 2. The van der Waals surface area contributed by atoms with Crippen molar-refractivity contribution in [2.45, 2.75) is 36.0 Å². The summed E-state index contributed by atoms with van der Waals surface area (Å²) in [6, 6.07) is 19.2. The number of thioether (sulfide) groups is 1. The summed E-state index contributed by atoms with van der Waals surface area (Å²) in [6.45, 7) is 3.76. The van der Waals surface area contributed by atoms with E-state index >= 15 is 0 Å². The van der Waals surface area contributed by atoms with Gasteiger partial charge >= 0.3 is 0 Å². The number of ether oxygens (including phenoxy) is 4. The van der Waals surface area contributed by atoms with Crippen molar-refractivity contribution in [1.82, 2.24) is 9.80 Å². The van der Waals surface area contributed by atoms with E-state index < -0.39 is 4.87 Å². The van der Waals surface area contributed by atoms with Gasteiger partial charge in [-0.25, -0.2) is 0 Å². The number of hydrogen-bond donors (Lipinski definition) is 0. The normalized spacial score (nSPS) is 16.0. The maximum absolute atomic E-state index is 14.2. The molecule has 1 heterocycles. The number of rotatable bonds is 14. The topological polar surface area (TPSA) is 80.8 Å². The monoisotopic (exact) mass is 621 g/mol. The molecule has 0 N–H and O–H groups in total. The molecule has 3 aromatic rings. The number of para-hydroxylation sites is 1. The van der Waals surface area contributed by atoms with Gasteiger partial charge in [0, 0.05) is 38.0 Å². The maximum atomic E-state index is 14.2. The molecule has 0 spiro atoms. The lowest BCUT2D eigenvalue weighted by Crippen LogP contribution is -2.56. The van der Waals surface area contributed by atoms with Crippen LogP contribution in [-0.4, -0.2) is 83.8 Å². The van der Waals surface area contributed by atoms with E-state index in [9.17, 15) is 9.59 Å². The van der Waals surface area contributed by atoms with Crippen LogP contribution in [0.1, 0.15) is 30.9 Å². The maximum Gasteiger partial charge on any atom is 0.268 e. The fourth-order valence-electron chi connectivity index (χ4n) is 5.31. The average Bonchev–Trinajstić information content (AvgIpc) is 3.04. The van der Waals surface area contributed by atoms with E-state index in [1.165, 1.54) is 29.1 Å². The van der Waals surface area contributed by atoms with Crippen molar-refractivity contribution >= 4 is 29.3 Å². The molecule has 0 aliphatic carbocycles. The third-order valence-corrected chi connectivity index (χ3v) is 9.53. The van der Waals surface area contributed by atoms with Gasteiger partial charge in [0.15, 0.2) is 11.5 Å². The zero-order chi connectivity index (χ0) is 31.9. The molecule has 0 fully saturated rings. The zero-order valence-corrected chi connectivity index (χ0v) is 27.5. The lowest BCUT2D eigenvalue weighted by atomic mass is 10.00. The Kier molecular flexibility index (Phi) is 11.0. The largest absolute Gasteiger partial charge is 0.497 e. The minimum absolute atomic E-state index is 0.229. The van der Waals surface area contributed by atoms with Crippen LogP contribution >= 0.6 is 11.8 Å².